The zero-order valence-electron chi connectivity index (χ0n) is 11.2. The molecular weight excluding hydrogens is 248 g/mol. The van der Waals surface area contributed by atoms with Gasteiger partial charge in [-0.3, -0.25) is 9.59 Å². The average molecular weight is 266 g/mol. The summed E-state index contributed by atoms with van der Waals surface area (Å²) < 4.78 is 0. The molecule has 0 aromatic heterocycles. The summed E-state index contributed by atoms with van der Waals surface area (Å²) in [6, 6.07) is 0. The minimum atomic E-state index is -2.16. The van der Waals surface area contributed by atoms with Crippen LogP contribution in [0.1, 0.15) is 33.6 Å². The van der Waals surface area contributed by atoms with Crippen LogP contribution in [0.3, 0.4) is 0 Å². The Labute approximate surface area is 111 Å². The van der Waals surface area contributed by atoms with E-state index in [2.05, 4.69) is 0 Å². The quantitative estimate of drug-likeness (QED) is 0.533. The molecule has 0 amide bonds. The maximum Gasteiger partial charge on any atom is 0.209 e. The topological polar surface area (TPSA) is 94.8 Å². The molecule has 19 heavy (non-hydrogen) atoms. The van der Waals surface area contributed by atoms with E-state index in [1.54, 1.807) is 12.2 Å². The molecule has 1 atom stereocenters. The van der Waals surface area contributed by atoms with E-state index in [4.69, 9.17) is 0 Å². The summed E-state index contributed by atoms with van der Waals surface area (Å²) in [6.07, 6.45) is 4.04. The smallest absolute Gasteiger partial charge is 0.209 e. The number of carbonyl (C=O) groups excluding carboxylic acids is 2. The highest BCUT2D eigenvalue weighted by Gasteiger charge is 2.45. The van der Waals surface area contributed by atoms with Crippen LogP contribution in [0.15, 0.2) is 34.8 Å². The van der Waals surface area contributed by atoms with Crippen molar-refractivity contribution in [2.24, 2.45) is 0 Å². The molecule has 1 aliphatic rings. The highest BCUT2D eigenvalue weighted by molar-refractivity contribution is 6.25. The molecule has 1 aliphatic carbocycles. The van der Waals surface area contributed by atoms with Gasteiger partial charge in [0.15, 0.2) is 11.4 Å². The molecule has 3 N–H and O–H groups in total. The third-order valence-corrected chi connectivity index (χ3v) is 3.13. The van der Waals surface area contributed by atoms with Crippen molar-refractivity contribution < 1.29 is 24.9 Å². The zero-order chi connectivity index (χ0) is 14.8. The fourth-order valence-corrected chi connectivity index (χ4v) is 1.89. The van der Waals surface area contributed by atoms with Gasteiger partial charge in [-0.25, -0.2) is 0 Å². The molecule has 0 radical (unpaired) electrons. The summed E-state index contributed by atoms with van der Waals surface area (Å²) in [7, 11) is 0. The van der Waals surface area contributed by atoms with Gasteiger partial charge < -0.3 is 15.3 Å². The molecule has 5 heteroatoms. The molecule has 0 aromatic carbocycles. The fraction of sp³-hybridized carbons (Fsp3) is 0.429. The molecule has 104 valence electrons. The number of Topliss-reactive ketones (excluding diaryl/α,β-unsaturated/α-hetero) is 2. The predicted octanol–water partition coefficient (Wildman–Crippen LogP) is 1.89. The van der Waals surface area contributed by atoms with Crippen molar-refractivity contribution in [3.8, 4) is 0 Å². The van der Waals surface area contributed by atoms with Crippen molar-refractivity contribution in [2.45, 2.75) is 39.2 Å². The maximum absolute atomic E-state index is 12.0. The first-order chi connectivity index (χ1) is 8.75. The SMILES string of the molecule is C/C=C/CCC(=O)C1=C(O)C(C)=C(O)[C@@](C)(O)C1=O. The van der Waals surface area contributed by atoms with E-state index >= 15 is 0 Å². The summed E-state index contributed by atoms with van der Waals surface area (Å²) in [5.74, 6) is -2.70. The molecule has 0 bridgehead atoms. The van der Waals surface area contributed by atoms with Gasteiger partial charge in [0.05, 0.1) is 0 Å². The molecule has 5 nitrogen and oxygen atoms in total. The Kier molecular flexibility index (Phi) is 4.32. The average Bonchev–Trinajstić information content (AvgIpc) is 2.35. The van der Waals surface area contributed by atoms with Gasteiger partial charge in [-0.05, 0) is 27.2 Å². The van der Waals surface area contributed by atoms with Crippen molar-refractivity contribution in [1.82, 2.24) is 0 Å². The summed E-state index contributed by atoms with van der Waals surface area (Å²) >= 11 is 0. The lowest BCUT2D eigenvalue weighted by molar-refractivity contribution is -0.133. The van der Waals surface area contributed by atoms with Crippen molar-refractivity contribution >= 4 is 11.6 Å². The highest BCUT2D eigenvalue weighted by Crippen LogP contribution is 2.33. The number of carbonyl (C=O) groups is 2. The van der Waals surface area contributed by atoms with Crippen molar-refractivity contribution in [1.29, 1.82) is 0 Å². The minimum Gasteiger partial charge on any atom is -0.508 e. The third-order valence-electron chi connectivity index (χ3n) is 3.13. The molecule has 0 heterocycles. The Bertz CT molecular complexity index is 506. The van der Waals surface area contributed by atoms with Gasteiger partial charge in [-0.2, -0.15) is 0 Å². The second-order valence-electron chi connectivity index (χ2n) is 4.63. The predicted molar refractivity (Wildman–Crippen MR) is 69.7 cm³/mol. The number of hydrogen-bond donors (Lipinski definition) is 3. The molecule has 0 fully saturated rings. The molecular formula is C14H18O5. The lowest BCUT2D eigenvalue weighted by Crippen LogP contribution is -2.44. The van der Waals surface area contributed by atoms with Gasteiger partial charge in [-0.1, -0.05) is 12.2 Å². The Morgan fingerprint density at radius 1 is 1.37 bits per heavy atom. The van der Waals surface area contributed by atoms with Gasteiger partial charge in [0, 0.05) is 12.0 Å². The molecule has 1 rings (SSSR count). The second kappa shape index (κ2) is 5.40. The first kappa shape index (κ1) is 15.2. The van der Waals surface area contributed by atoms with Crippen LogP contribution in [-0.2, 0) is 9.59 Å². The Morgan fingerprint density at radius 2 is 1.95 bits per heavy atom. The fourth-order valence-electron chi connectivity index (χ4n) is 1.89. The number of hydrogen-bond acceptors (Lipinski definition) is 5. The minimum absolute atomic E-state index is 0.0552. The molecule has 0 saturated carbocycles. The van der Waals surface area contributed by atoms with Crippen molar-refractivity contribution in [2.75, 3.05) is 0 Å². The molecule has 0 spiro atoms. The summed E-state index contributed by atoms with van der Waals surface area (Å²) in [4.78, 5) is 23.9. The lowest BCUT2D eigenvalue weighted by Gasteiger charge is -2.28. The summed E-state index contributed by atoms with van der Waals surface area (Å²) in [5, 5.41) is 29.4. The Hall–Kier alpha value is -1.88. The van der Waals surface area contributed by atoms with E-state index in [0.29, 0.717) is 6.42 Å². The van der Waals surface area contributed by atoms with Crippen molar-refractivity contribution in [3.05, 3.63) is 34.8 Å². The van der Waals surface area contributed by atoms with Crippen LogP contribution in [0, 0.1) is 0 Å². The van der Waals surface area contributed by atoms with E-state index in [9.17, 15) is 24.9 Å². The van der Waals surface area contributed by atoms with Gasteiger partial charge in [0.25, 0.3) is 0 Å². The zero-order valence-corrected chi connectivity index (χ0v) is 11.2. The van der Waals surface area contributed by atoms with Crippen LogP contribution in [0.5, 0.6) is 0 Å². The van der Waals surface area contributed by atoms with Crippen LogP contribution >= 0.6 is 0 Å². The Balaban J connectivity index is 3.18. The summed E-state index contributed by atoms with van der Waals surface area (Å²) in [6.45, 7) is 4.24. The van der Waals surface area contributed by atoms with Crippen LogP contribution in [0.4, 0.5) is 0 Å². The van der Waals surface area contributed by atoms with E-state index < -0.39 is 34.3 Å². The molecule has 0 unspecified atom stereocenters. The number of aliphatic hydroxyl groups is 3. The first-order valence-corrected chi connectivity index (χ1v) is 6.00. The lowest BCUT2D eigenvalue weighted by atomic mass is 9.81. The van der Waals surface area contributed by atoms with E-state index in [0.717, 1.165) is 6.92 Å². The van der Waals surface area contributed by atoms with Gasteiger partial charge in [0.2, 0.25) is 5.78 Å². The van der Waals surface area contributed by atoms with Gasteiger partial charge in [0.1, 0.15) is 17.1 Å². The van der Waals surface area contributed by atoms with E-state index in [-0.39, 0.29) is 12.0 Å². The first-order valence-electron chi connectivity index (χ1n) is 6.00. The molecule has 0 aliphatic heterocycles. The van der Waals surface area contributed by atoms with Crippen LogP contribution in [-0.4, -0.2) is 32.5 Å². The van der Waals surface area contributed by atoms with Gasteiger partial charge in [-0.15, -0.1) is 0 Å². The standard InChI is InChI=1S/C14H18O5/c1-4-5-6-7-9(15)10-11(16)8(2)12(17)14(3,19)13(10)18/h4-5,16-17,19H,6-7H2,1-3H3/b5-4+/t14-/m1/s1. The summed E-state index contributed by atoms with van der Waals surface area (Å²) in [5.41, 5.74) is -2.66. The normalized spacial score (nSPS) is 24.5. The molecule has 0 saturated heterocycles. The maximum atomic E-state index is 12.0. The largest absolute Gasteiger partial charge is 0.508 e. The van der Waals surface area contributed by atoms with Crippen molar-refractivity contribution in [3.63, 3.8) is 0 Å². The van der Waals surface area contributed by atoms with E-state index in [1.807, 2.05) is 6.92 Å². The van der Waals surface area contributed by atoms with Crippen LogP contribution in [0.25, 0.3) is 0 Å². The van der Waals surface area contributed by atoms with Crippen LogP contribution < -0.4 is 0 Å². The number of allylic oxidation sites excluding steroid dienone is 3. The molecule has 0 aromatic rings. The second-order valence-corrected chi connectivity index (χ2v) is 4.63. The van der Waals surface area contributed by atoms with E-state index in [1.165, 1.54) is 6.92 Å². The number of aliphatic hydroxyl groups excluding tert-OH is 2. The number of rotatable bonds is 4. The number of ketones is 2. The van der Waals surface area contributed by atoms with Crippen LogP contribution in [0.2, 0.25) is 0 Å². The third kappa shape index (κ3) is 2.61. The Morgan fingerprint density at radius 3 is 2.47 bits per heavy atom. The van der Waals surface area contributed by atoms with Gasteiger partial charge >= 0.3 is 0 Å². The highest BCUT2D eigenvalue weighted by atomic mass is 16.3. The monoisotopic (exact) mass is 266 g/mol.